The highest BCUT2D eigenvalue weighted by Crippen LogP contribution is 2.30. The van der Waals surface area contributed by atoms with Gasteiger partial charge in [0.2, 0.25) is 10.0 Å². The highest BCUT2D eigenvalue weighted by atomic mass is 35.5. The first-order chi connectivity index (χ1) is 13.1. The SMILES string of the molecule is C[C@@H]1C[C@H](C)CN(C(=O)c2cc(S(=O)(=O)N3C[C@@H](C)C[C@H](C)C3)ccc2Cl)C1. The van der Waals surface area contributed by atoms with Crippen LogP contribution in [0.4, 0.5) is 0 Å². The van der Waals surface area contributed by atoms with E-state index in [1.807, 2.05) is 4.90 Å². The predicted octanol–water partition coefficient (Wildman–Crippen LogP) is 4.12. The third-order valence-corrected chi connectivity index (χ3v) is 7.95. The normalized spacial score (nSPS) is 29.7. The van der Waals surface area contributed by atoms with Crippen molar-refractivity contribution in [2.24, 2.45) is 23.7 Å². The lowest BCUT2D eigenvalue weighted by Crippen LogP contribution is -2.43. The van der Waals surface area contributed by atoms with Crippen LogP contribution in [0.2, 0.25) is 5.02 Å². The first kappa shape index (κ1) is 21.6. The highest BCUT2D eigenvalue weighted by molar-refractivity contribution is 7.89. The van der Waals surface area contributed by atoms with E-state index in [1.165, 1.54) is 18.2 Å². The molecule has 2 aliphatic rings. The van der Waals surface area contributed by atoms with E-state index in [0.717, 1.165) is 12.8 Å². The first-order valence-corrected chi connectivity index (χ1v) is 12.0. The number of likely N-dealkylation sites (tertiary alicyclic amines) is 1. The highest BCUT2D eigenvalue weighted by Gasteiger charge is 2.33. The van der Waals surface area contributed by atoms with Gasteiger partial charge in [-0.1, -0.05) is 39.3 Å². The zero-order chi connectivity index (χ0) is 20.6. The second-order valence-corrected chi connectivity index (χ2v) is 11.4. The average Bonchev–Trinajstić information content (AvgIpc) is 2.59. The van der Waals surface area contributed by atoms with Crippen LogP contribution in [0.5, 0.6) is 0 Å². The van der Waals surface area contributed by atoms with Crippen LogP contribution in [-0.2, 0) is 10.0 Å². The van der Waals surface area contributed by atoms with Gasteiger partial charge in [-0.05, 0) is 54.7 Å². The molecular formula is C21H31ClN2O3S. The van der Waals surface area contributed by atoms with Crippen LogP contribution in [0.1, 0.15) is 50.9 Å². The molecule has 7 heteroatoms. The van der Waals surface area contributed by atoms with Gasteiger partial charge in [-0.15, -0.1) is 0 Å². The topological polar surface area (TPSA) is 57.7 Å². The van der Waals surface area contributed by atoms with Gasteiger partial charge in [-0.2, -0.15) is 4.31 Å². The summed E-state index contributed by atoms with van der Waals surface area (Å²) in [5.74, 6) is 1.32. The van der Waals surface area contributed by atoms with E-state index >= 15 is 0 Å². The van der Waals surface area contributed by atoms with Gasteiger partial charge in [-0.25, -0.2) is 8.42 Å². The smallest absolute Gasteiger partial charge is 0.255 e. The zero-order valence-corrected chi connectivity index (χ0v) is 18.8. The van der Waals surface area contributed by atoms with Crippen molar-refractivity contribution in [2.75, 3.05) is 26.2 Å². The molecule has 0 aromatic heterocycles. The maximum absolute atomic E-state index is 13.2. The van der Waals surface area contributed by atoms with Gasteiger partial charge in [0, 0.05) is 26.2 Å². The fourth-order valence-corrected chi connectivity index (χ4v) is 6.68. The molecule has 0 saturated carbocycles. The van der Waals surface area contributed by atoms with Crippen molar-refractivity contribution in [3.05, 3.63) is 28.8 Å². The standard InChI is InChI=1S/C21H31ClN2O3S/c1-14-7-15(2)11-23(10-14)21(25)19-9-18(5-6-20(19)22)28(26,27)24-12-16(3)8-17(4)13-24/h5-6,9,14-17H,7-8,10-13H2,1-4H3/t14-,15+,16-,17-/m0/s1. The Balaban J connectivity index is 1.89. The lowest BCUT2D eigenvalue weighted by atomic mass is 9.91. The Kier molecular flexibility index (Phi) is 6.42. The number of amides is 1. The number of carbonyl (C=O) groups is 1. The van der Waals surface area contributed by atoms with Crippen molar-refractivity contribution in [2.45, 2.75) is 45.4 Å². The summed E-state index contributed by atoms with van der Waals surface area (Å²) < 4.78 is 28.0. The molecule has 2 saturated heterocycles. The summed E-state index contributed by atoms with van der Waals surface area (Å²) in [6.07, 6.45) is 2.12. The lowest BCUT2D eigenvalue weighted by molar-refractivity contribution is 0.0623. The Morgan fingerprint density at radius 1 is 0.929 bits per heavy atom. The van der Waals surface area contributed by atoms with E-state index in [4.69, 9.17) is 11.6 Å². The predicted molar refractivity (Wildman–Crippen MR) is 112 cm³/mol. The van der Waals surface area contributed by atoms with Gasteiger partial charge in [0.25, 0.3) is 5.91 Å². The number of hydrogen-bond donors (Lipinski definition) is 0. The summed E-state index contributed by atoms with van der Waals surface area (Å²) in [4.78, 5) is 15.1. The lowest BCUT2D eigenvalue weighted by Gasteiger charge is -2.35. The van der Waals surface area contributed by atoms with Gasteiger partial charge in [-0.3, -0.25) is 4.79 Å². The summed E-state index contributed by atoms with van der Waals surface area (Å²) in [5, 5.41) is 0.301. The fourth-order valence-electron chi connectivity index (χ4n) is 4.78. The van der Waals surface area contributed by atoms with Crippen molar-refractivity contribution in [1.82, 2.24) is 9.21 Å². The molecule has 0 unspecified atom stereocenters. The number of rotatable bonds is 3. The molecule has 0 N–H and O–H groups in total. The summed E-state index contributed by atoms with van der Waals surface area (Å²) >= 11 is 6.31. The van der Waals surface area contributed by atoms with Crippen LogP contribution in [-0.4, -0.2) is 49.7 Å². The molecular weight excluding hydrogens is 396 g/mol. The maximum atomic E-state index is 13.2. The van der Waals surface area contributed by atoms with Gasteiger partial charge in [0.1, 0.15) is 0 Å². The van der Waals surface area contributed by atoms with E-state index < -0.39 is 10.0 Å². The molecule has 5 nitrogen and oxygen atoms in total. The minimum Gasteiger partial charge on any atom is -0.338 e. The van der Waals surface area contributed by atoms with Crippen LogP contribution in [0, 0.1) is 23.7 Å². The average molecular weight is 427 g/mol. The van der Waals surface area contributed by atoms with Crippen LogP contribution in [0.15, 0.2) is 23.1 Å². The molecule has 3 rings (SSSR count). The molecule has 28 heavy (non-hydrogen) atoms. The molecule has 156 valence electrons. The minimum atomic E-state index is -3.65. The van der Waals surface area contributed by atoms with Gasteiger partial charge in [0.05, 0.1) is 15.5 Å². The zero-order valence-electron chi connectivity index (χ0n) is 17.2. The summed E-state index contributed by atoms with van der Waals surface area (Å²) in [6.45, 7) is 10.8. The number of piperidine rings is 2. The maximum Gasteiger partial charge on any atom is 0.255 e. The van der Waals surface area contributed by atoms with Crippen molar-refractivity contribution in [1.29, 1.82) is 0 Å². The summed E-state index contributed by atoms with van der Waals surface area (Å²) in [6, 6.07) is 4.52. The Morgan fingerprint density at radius 3 is 1.96 bits per heavy atom. The van der Waals surface area contributed by atoms with Gasteiger partial charge >= 0.3 is 0 Å². The number of halogens is 1. The van der Waals surface area contributed by atoms with Gasteiger partial charge in [0.15, 0.2) is 0 Å². The van der Waals surface area contributed by atoms with Crippen molar-refractivity contribution in [3.63, 3.8) is 0 Å². The Hall–Kier alpha value is -1.11. The molecule has 4 atom stereocenters. The second kappa shape index (κ2) is 8.33. The van der Waals surface area contributed by atoms with Crippen molar-refractivity contribution < 1.29 is 13.2 Å². The second-order valence-electron chi connectivity index (χ2n) is 9.07. The largest absolute Gasteiger partial charge is 0.338 e. The number of nitrogens with zero attached hydrogens (tertiary/aromatic N) is 2. The van der Waals surface area contributed by atoms with E-state index in [0.29, 0.717) is 54.9 Å². The molecule has 0 radical (unpaired) electrons. The fraction of sp³-hybridized carbons (Fsp3) is 0.667. The van der Waals surface area contributed by atoms with E-state index in [-0.39, 0.29) is 16.4 Å². The number of sulfonamides is 1. The molecule has 2 heterocycles. The van der Waals surface area contributed by atoms with E-state index in [1.54, 1.807) is 4.31 Å². The summed E-state index contributed by atoms with van der Waals surface area (Å²) in [7, 11) is -3.65. The minimum absolute atomic E-state index is 0.152. The molecule has 0 spiro atoms. The quantitative estimate of drug-likeness (QED) is 0.730. The molecule has 0 aliphatic carbocycles. The number of benzene rings is 1. The van der Waals surface area contributed by atoms with E-state index in [2.05, 4.69) is 27.7 Å². The molecule has 2 aliphatic heterocycles. The Bertz CT molecular complexity index is 822. The number of hydrogen-bond acceptors (Lipinski definition) is 3. The first-order valence-electron chi connectivity index (χ1n) is 10.2. The van der Waals surface area contributed by atoms with Crippen LogP contribution >= 0.6 is 11.6 Å². The van der Waals surface area contributed by atoms with Crippen LogP contribution < -0.4 is 0 Å². The molecule has 2 fully saturated rings. The van der Waals surface area contributed by atoms with Crippen molar-refractivity contribution in [3.8, 4) is 0 Å². The molecule has 0 bridgehead atoms. The molecule has 1 amide bonds. The Labute approximate surface area is 174 Å². The monoisotopic (exact) mass is 426 g/mol. The van der Waals surface area contributed by atoms with Gasteiger partial charge < -0.3 is 4.90 Å². The van der Waals surface area contributed by atoms with Crippen molar-refractivity contribution >= 4 is 27.5 Å². The Morgan fingerprint density at radius 2 is 1.43 bits per heavy atom. The van der Waals surface area contributed by atoms with Crippen LogP contribution in [0.3, 0.4) is 0 Å². The van der Waals surface area contributed by atoms with E-state index in [9.17, 15) is 13.2 Å². The third-order valence-electron chi connectivity index (χ3n) is 5.80. The third kappa shape index (κ3) is 4.55. The number of carbonyl (C=O) groups excluding carboxylic acids is 1. The summed E-state index contributed by atoms with van der Waals surface area (Å²) in [5.41, 5.74) is 0.280. The molecule has 1 aromatic carbocycles. The van der Waals surface area contributed by atoms with Crippen LogP contribution in [0.25, 0.3) is 0 Å². The molecule has 1 aromatic rings.